The Labute approximate surface area is 70.8 Å². The molecule has 0 aromatic carbocycles. The molecule has 0 fully saturated rings. The average molecular weight is 172 g/mol. The summed E-state index contributed by atoms with van der Waals surface area (Å²) in [6.45, 7) is 2.50. The molecule has 4 heteroatoms. The Morgan fingerprint density at radius 3 is 3.17 bits per heavy atom. The highest BCUT2D eigenvalue weighted by Crippen LogP contribution is 2.12. The van der Waals surface area contributed by atoms with E-state index in [4.69, 9.17) is 9.47 Å². The van der Waals surface area contributed by atoms with Crippen LogP contribution in [0.2, 0.25) is 0 Å². The van der Waals surface area contributed by atoms with Gasteiger partial charge in [0, 0.05) is 13.0 Å². The van der Waals surface area contributed by atoms with E-state index in [-0.39, 0.29) is 11.4 Å². The largest absolute Gasteiger partial charge is 0.500 e. The van der Waals surface area contributed by atoms with Crippen LogP contribution in [-0.2, 0) is 14.3 Å². The van der Waals surface area contributed by atoms with Crippen LogP contribution in [0.4, 0.5) is 0 Å². The molecular weight excluding hydrogens is 160 g/mol. The number of carbonyl (C=O) groups is 1. The van der Waals surface area contributed by atoms with Gasteiger partial charge >= 0.3 is 0 Å². The van der Waals surface area contributed by atoms with E-state index >= 15 is 0 Å². The molecule has 1 aliphatic heterocycles. The van der Waals surface area contributed by atoms with E-state index in [0.717, 1.165) is 0 Å². The van der Waals surface area contributed by atoms with Crippen LogP contribution < -0.4 is 0 Å². The Kier molecular flexibility index (Phi) is 3.25. The maximum atomic E-state index is 11.1. The van der Waals surface area contributed by atoms with Crippen LogP contribution in [0, 0.1) is 0 Å². The molecule has 0 amide bonds. The summed E-state index contributed by atoms with van der Waals surface area (Å²) in [5.74, 6) is -0.109. The molecule has 1 unspecified atom stereocenters. The molecule has 0 saturated carbocycles. The van der Waals surface area contributed by atoms with Crippen molar-refractivity contribution in [3.8, 4) is 0 Å². The maximum Gasteiger partial charge on any atom is 0.187 e. The minimum Gasteiger partial charge on any atom is -0.500 e. The molecule has 1 N–H and O–H groups in total. The zero-order valence-corrected chi connectivity index (χ0v) is 6.95. The van der Waals surface area contributed by atoms with E-state index in [1.54, 1.807) is 6.92 Å². The second kappa shape index (κ2) is 4.23. The summed E-state index contributed by atoms with van der Waals surface area (Å²) < 4.78 is 9.74. The van der Waals surface area contributed by atoms with Crippen LogP contribution >= 0.6 is 0 Å². The van der Waals surface area contributed by atoms with Crippen molar-refractivity contribution in [3.05, 3.63) is 11.8 Å². The fourth-order valence-electron chi connectivity index (χ4n) is 0.954. The van der Waals surface area contributed by atoms with Gasteiger partial charge in [0.25, 0.3) is 0 Å². The lowest BCUT2D eigenvalue weighted by atomic mass is 10.1. The van der Waals surface area contributed by atoms with E-state index in [2.05, 4.69) is 0 Å². The van der Waals surface area contributed by atoms with Gasteiger partial charge in [-0.05, 0) is 6.92 Å². The number of Topliss-reactive ketones (excluding diaryl/α,β-unsaturated/α-hetero) is 1. The minimum atomic E-state index is -1.14. The third kappa shape index (κ3) is 2.06. The van der Waals surface area contributed by atoms with Crippen LogP contribution in [0.3, 0.4) is 0 Å². The predicted octanol–water partition coefficient (Wildman–Crippen LogP) is 0.215. The lowest BCUT2D eigenvalue weighted by Gasteiger charge is -2.17. The number of aliphatic hydroxyl groups excluding tert-OH is 1. The number of ether oxygens (including phenoxy) is 2. The SMILES string of the molecule is CCOC(O)C1=COCCC1=O. The fourth-order valence-corrected chi connectivity index (χ4v) is 0.954. The second-order valence-electron chi connectivity index (χ2n) is 2.42. The van der Waals surface area contributed by atoms with Gasteiger partial charge < -0.3 is 14.6 Å². The number of hydrogen-bond acceptors (Lipinski definition) is 4. The number of ketones is 1. The summed E-state index contributed by atoms with van der Waals surface area (Å²) in [6, 6.07) is 0. The Morgan fingerprint density at radius 1 is 1.83 bits per heavy atom. The molecule has 1 heterocycles. The lowest BCUT2D eigenvalue weighted by Crippen LogP contribution is -2.24. The smallest absolute Gasteiger partial charge is 0.187 e. The predicted molar refractivity (Wildman–Crippen MR) is 41.3 cm³/mol. The topological polar surface area (TPSA) is 55.8 Å². The molecule has 0 aliphatic carbocycles. The highest BCUT2D eigenvalue weighted by molar-refractivity contribution is 5.96. The molecule has 0 radical (unpaired) electrons. The van der Waals surface area contributed by atoms with Crippen molar-refractivity contribution in [2.45, 2.75) is 19.6 Å². The van der Waals surface area contributed by atoms with Crippen molar-refractivity contribution < 1.29 is 19.4 Å². The summed E-state index contributed by atoms with van der Waals surface area (Å²) in [5.41, 5.74) is 0.211. The van der Waals surface area contributed by atoms with Gasteiger partial charge in [-0.25, -0.2) is 0 Å². The highest BCUT2D eigenvalue weighted by Gasteiger charge is 2.22. The van der Waals surface area contributed by atoms with E-state index < -0.39 is 6.29 Å². The molecule has 1 aliphatic rings. The molecular formula is C8H12O4. The molecule has 0 bridgehead atoms. The van der Waals surface area contributed by atoms with Gasteiger partial charge in [-0.3, -0.25) is 4.79 Å². The quantitative estimate of drug-likeness (QED) is 0.618. The van der Waals surface area contributed by atoms with E-state index in [9.17, 15) is 9.90 Å². The van der Waals surface area contributed by atoms with E-state index in [1.807, 2.05) is 0 Å². The highest BCUT2D eigenvalue weighted by atomic mass is 16.6. The fraction of sp³-hybridized carbons (Fsp3) is 0.625. The molecule has 0 aromatic rings. The van der Waals surface area contributed by atoms with Crippen molar-refractivity contribution in [1.82, 2.24) is 0 Å². The monoisotopic (exact) mass is 172 g/mol. The van der Waals surface area contributed by atoms with Crippen molar-refractivity contribution in [2.24, 2.45) is 0 Å². The van der Waals surface area contributed by atoms with Gasteiger partial charge in [-0.15, -0.1) is 0 Å². The Morgan fingerprint density at radius 2 is 2.58 bits per heavy atom. The van der Waals surface area contributed by atoms with Crippen LogP contribution in [0.1, 0.15) is 13.3 Å². The average Bonchev–Trinajstić information content (AvgIpc) is 2.05. The molecule has 68 valence electrons. The van der Waals surface area contributed by atoms with Gasteiger partial charge in [0.1, 0.15) is 0 Å². The second-order valence-corrected chi connectivity index (χ2v) is 2.42. The molecule has 0 spiro atoms. The standard InChI is InChI=1S/C8H12O4/c1-2-12-8(10)6-5-11-4-3-7(6)9/h5,8,10H,2-4H2,1H3. The van der Waals surface area contributed by atoms with Crippen LogP contribution in [0.5, 0.6) is 0 Å². The number of hydrogen-bond donors (Lipinski definition) is 1. The van der Waals surface area contributed by atoms with Gasteiger partial charge in [0.15, 0.2) is 12.1 Å². The Hall–Kier alpha value is -0.870. The zero-order valence-electron chi connectivity index (χ0n) is 6.95. The van der Waals surface area contributed by atoms with Crippen molar-refractivity contribution in [3.63, 3.8) is 0 Å². The summed E-state index contributed by atoms with van der Waals surface area (Å²) in [6.07, 6.45) is 0.449. The lowest BCUT2D eigenvalue weighted by molar-refractivity contribution is -0.125. The Bertz CT molecular complexity index is 197. The first-order chi connectivity index (χ1) is 5.75. The van der Waals surface area contributed by atoms with Crippen molar-refractivity contribution in [2.75, 3.05) is 13.2 Å². The van der Waals surface area contributed by atoms with Crippen LogP contribution in [-0.4, -0.2) is 30.4 Å². The van der Waals surface area contributed by atoms with Crippen LogP contribution in [0.15, 0.2) is 11.8 Å². The number of rotatable bonds is 3. The van der Waals surface area contributed by atoms with Gasteiger partial charge in [-0.1, -0.05) is 0 Å². The molecule has 1 atom stereocenters. The summed E-state index contributed by atoms with van der Waals surface area (Å²) in [5, 5.41) is 9.25. The first-order valence-corrected chi connectivity index (χ1v) is 3.90. The third-order valence-electron chi connectivity index (χ3n) is 1.57. The maximum absolute atomic E-state index is 11.1. The molecule has 12 heavy (non-hydrogen) atoms. The molecule has 4 nitrogen and oxygen atoms in total. The first-order valence-electron chi connectivity index (χ1n) is 3.90. The summed E-state index contributed by atoms with van der Waals surface area (Å²) >= 11 is 0. The van der Waals surface area contributed by atoms with Crippen molar-refractivity contribution >= 4 is 5.78 Å². The van der Waals surface area contributed by atoms with Crippen molar-refractivity contribution in [1.29, 1.82) is 0 Å². The van der Waals surface area contributed by atoms with E-state index in [1.165, 1.54) is 6.26 Å². The first kappa shape index (κ1) is 9.22. The minimum absolute atomic E-state index is 0.109. The molecule has 0 aromatic heterocycles. The van der Waals surface area contributed by atoms with Gasteiger partial charge in [0.2, 0.25) is 0 Å². The normalized spacial score (nSPS) is 19.8. The van der Waals surface area contributed by atoms with E-state index in [0.29, 0.717) is 19.6 Å². The Balaban J connectivity index is 2.58. The molecule has 1 rings (SSSR count). The number of carbonyl (C=O) groups excluding carboxylic acids is 1. The van der Waals surface area contributed by atoms with Gasteiger partial charge in [0.05, 0.1) is 18.4 Å². The zero-order chi connectivity index (χ0) is 8.97. The summed E-state index contributed by atoms with van der Waals surface area (Å²) in [7, 11) is 0. The number of aliphatic hydroxyl groups is 1. The summed E-state index contributed by atoms with van der Waals surface area (Å²) in [4.78, 5) is 11.1. The van der Waals surface area contributed by atoms with Gasteiger partial charge in [-0.2, -0.15) is 0 Å². The van der Waals surface area contributed by atoms with Crippen LogP contribution in [0.25, 0.3) is 0 Å². The molecule has 0 saturated heterocycles. The third-order valence-corrected chi connectivity index (χ3v) is 1.57.